The fourth-order valence-corrected chi connectivity index (χ4v) is 2.05. The highest BCUT2D eigenvalue weighted by atomic mass is 16.5. The molecule has 2 unspecified atom stereocenters. The van der Waals surface area contributed by atoms with Crippen molar-refractivity contribution in [1.82, 2.24) is 20.1 Å². The number of methoxy groups -OCH3 is 1. The standard InChI is InChI=1S/C12H24N4O/c1-6-12(3,17-5)10(13-4)8-11-14-9-15-16(11)7-2/h9-10,13H,6-8H2,1-5H3. The topological polar surface area (TPSA) is 52.0 Å². The van der Waals surface area contributed by atoms with E-state index in [9.17, 15) is 0 Å². The number of aryl methyl sites for hydroxylation is 1. The van der Waals surface area contributed by atoms with Gasteiger partial charge in [0.2, 0.25) is 0 Å². The van der Waals surface area contributed by atoms with Crippen LogP contribution < -0.4 is 5.32 Å². The first-order chi connectivity index (χ1) is 8.11. The molecule has 1 aromatic rings. The van der Waals surface area contributed by atoms with Gasteiger partial charge in [0, 0.05) is 26.1 Å². The third kappa shape index (κ3) is 3.04. The molecule has 0 bridgehead atoms. The zero-order valence-corrected chi connectivity index (χ0v) is 11.5. The van der Waals surface area contributed by atoms with Gasteiger partial charge >= 0.3 is 0 Å². The third-order valence-electron chi connectivity index (χ3n) is 3.64. The Kier molecular flexibility index (Phi) is 5.08. The normalized spacial score (nSPS) is 16.8. The second-order valence-corrected chi connectivity index (χ2v) is 4.41. The van der Waals surface area contributed by atoms with Crippen molar-refractivity contribution in [3.05, 3.63) is 12.2 Å². The molecular weight excluding hydrogens is 216 g/mol. The fourth-order valence-electron chi connectivity index (χ4n) is 2.05. The number of aromatic nitrogens is 3. The van der Waals surface area contributed by atoms with Crippen LogP contribution in [0.2, 0.25) is 0 Å². The van der Waals surface area contributed by atoms with Crippen LogP contribution in [-0.4, -0.2) is 40.6 Å². The molecule has 0 fully saturated rings. The van der Waals surface area contributed by atoms with Gasteiger partial charge in [0.1, 0.15) is 12.2 Å². The average Bonchev–Trinajstić information content (AvgIpc) is 2.82. The van der Waals surface area contributed by atoms with Crippen molar-refractivity contribution in [2.75, 3.05) is 14.2 Å². The Morgan fingerprint density at radius 3 is 2.71 bits per heavy atom. The Morgan fingerprint density at radius 2 is 2.24 bits per heavy atom. The molecule has 17 heavy (non-hydrogen) atoms. The van der Waals surface area contributed by atoms with Gasteiger partial charge in [-0.2, -0.15) is 5.10 Å². The summed E-state index contributed by atoms with van der Waals surface area (Å²) in [5.74, 6) is 1.00. The van der Waals surface area contributed by atoms with Gasteiger partial charge in [-0.3, -0.25) is 4.68 Å². The predicted molar refractivity (Wildman–Crippen MR) is 68.0 cm³/mol. The average molecular weight is 240 g/mol. The summed E-state index contributed by atoms with van der Waals surface area (Å²) in [6.45, 7) is 7.18. The third-order valence-corrected chi connectivity index (χ3v) is 3.64. The van der Waals surface area contributed by atoms with Gasteiger partial charge in [-0.1, -0.05) is 6.92 Å². The van der Waals surface area contributed by atoms with Crippen LogP contribution in [0.25, 0.3) is 0 Å². The van der Waals surface area contributed by atoms with Gasteiger partial charge in [0.25, 0.3) is 0 Å². The van der Waals surface area contributed by atoms with E-state index in [4.69, 9.17) is 4.74 Å². The smallest absolute Gasteiger partial charge is 0.138 e. The van der Waals surface area contributed by atoms with Crippen molar-refractivity contribution in [3.63, 3.8) is 0 Å². The van der Waals surface area contributed by atoms with Crippen molar-refractivity contribution >= 4 is 0 Å². The molecule has 0 amide bonds. The minimum atomic E-state index is -0.181. The molecule has 0 radical (unpaired) electrons. The van der Waals surface area contributed by atoms with E-state index in [1.807, 2.05) is 11.7 Å². The maximum Gasteiger partial charge on any atom is 0.138 e. The van der Waals surface area contributed by atoms with Crippen molar-refractivity contribution in [1.29, 1.82) is 0 Å². The number of rotatable bonds is 7. The van der Waals surface area contributed by atoms with Crippen LogP contribution in [0.1, 0.15) is 33.0 Å². The van der Waals surface area contributed by atoms with E-state index in [1.54, 1.807) is 13.4 Å². The lowest BCUT2D eigenvalue weighted by Gasteiger charge is -2.35. The van der Waals surface area contributed by atoms with E-state index in [0.717, 1.165) is 25.2 Å². The molecule has 0 aliphatic heterocycles. The molecule has 0 aromatic carbocycles. The first-order valence-electron chi connectivity index (χ1n) is 6.20. The lowest BCUT2D eigenvalue weighted by Crippen LogP contribution is -2.50. The lowest BCUT2D eigenvalue weighted by molar-refractivity contribution is -0.0275. The molecular formula is C12H24N4O. The molecule has 0 saturated heterocycles. The summed E-state index contributed by atoms with van der Waals surface area (Å²) in [5.41, 5.74) is -0.181. The maximum absolute atomic E-state index is 5.64. The van der Waals surface area contributed by atoms with E-state index in [0.29, 0.717) is 0 Å². The maximum atomic E-state index is 5.64. The lowest BCUT2D eigenvalue weighted by atomic mass is 9.90. The molecule has 1 N–H and O–H groups in total. The molecule has 1 rings (SSSR count). The number of nitrogens with one attached hydrogen (secondary N) is 1. The van der Waals surface area contributed by atoms with Crippen LogP contribution in [0.5, 0.6) is 0 Å². The van der Waals surface area contributed by atoms with E-state index in [2.05, 4.69) is 36.2 Å². The van der Waals surface area contributed by atoms with Crippen LogP contribution >= 0.6 is 0 Å². The summed E-state index contributed by atoms with van der Waals surface area (Å²) < 4.78 is 7.57. The van der Waals surface area contributed by atoms with E-state index in [1.165, 1.54) is 0 Å². The number of ether oxygens (including phenoxy) is 1. The summed E-state index contributed by atoms with van der Waals surface area (Å²) in [6, 6.07) is 0.229. The molecule has 0 spiro atoms. The second kappa shape index (κ2) is 6.12. The largest absolute Gasteiger partial charge is 0.377 e. The van der Waals surface area contributed by atoms with E-state index in [-0.39, 0.29) is 11.6 Å². The van der Waals surface area contributed by atoms with Gasteiger partial charge in [0.05, 0.1) is 5.60 Å². The van der Waals surface area contributed by atoms with Crippen LogP contribution in [0, 0.1) is 0 Å². The quantitative estimate of drug-likeness (QED) is 0.779. The molecule has 0 aliphatic carbocycles. The highest BCUT2D eigenvalue weighted by Crippen LogP contribution is 2.21. The Balaban J connectivity index is 2.83. The minimum Gasteiger partial charge on any atom is -0.377 e. The molecule has 0 aliphatic rings. The zero-order valence-electron chi connectivity index (χ0n) is 11.5. The van der Waals surface area contributed by atoms with Gasteiger partial charge < -0.3 is 10.1 Å². The van der Waals surface area contributed by atoms with Crippen LogP contribution in [0.3, 0.4) is 0 Å². The zero-order chi connectivity index (χ0) is 12.9. The van der Waals surface area contributed by atoms with Crippen molar-refractivity contribution < 1.29 is 4.74 Å². The molecule has 98 valence electrons. The monoisotopic (exact) mass is 240 g/mol. The molecule has 2 atom stereocenters. The first-order valence-corrected chi connectivity index (χ1v) is 6.20. The first kappa shape index (κ1) is 14.1. The van der Waals surface area contributed by atoms with Gasteiger partial charge in [-0.15, -0.1) is 0 Å². The summed E-state index contributed by atoms with van der Waals surface area (Å²) in [5, 5.41) is 7.52. The summed E-state index contributed by atoms with van der Waals surface area (Å²) in [4.78, 5) is 4.31. The van der Waals surface area contributed by atoms with Gasteiger partial charge in [-0.05, 0) is 27.3 Å². The number of hydrogen-bond donors (Lipinski definition) is 1. The van der Waals surface area contributed by atoms with E-state index < -0.39 is 0 Å². The summed E-state index contributed by atoms with van der Waals surface area (Å²) >= 11 is 0. The highest BCUT2D eigenvalue weighted by Gasteiger charge is 2.32. The SMILES string of the molecule is CCn1ncnc1CC(NC)C(C)(CC)OC. The van der Waals surface area contributed by atoms with E-state index >= 15 is 0 Å². The number of hydrogen-bond acceptors (Lipinski definition) is 4. The fraction of sp³-hybridized carbons (Fsp3) is 0.833. The van der Waals surface area contributed by atoms with Gasteiger partial charge in [-0.25, -0.2) is 4.98 Å². The number of nitrogens with zero attached hydrogens (tertiary/aromatic N) is 3. The molecule has 1 heterocycles. The molecule has 5 heteroatoms. The molecule has 5 nitrogen and oxygen atoms in total. The minimum absolute atomic E-state index is 0.181. The van der Waals surface area contributed by atoms with Crippen LogP contribution in [0.15, 0.2) is 6.33 Å². The molecule has 1 aromatic heterocycles. The summed E-state index contributed by atoms with van der Waals surface area (Å²) in [6.07, 6.45) is 3.39. The highest BCUT2D eigenvalue weighted by molar-refractivity contribution is 4.97. The van der Waals surface area contributed by atoms with Crippen molar-refractivity contribution in [2.45, 2.75) is 51.8 Å². The summed E-state index contributed by atoms with van der Waals surface area (Å²) in [7, 11) is 3.72. The van der Waals surface area contributed by atoms with Crippen molar-refractivity contribution in [3.8, 4) is 0 Å². The Morgan fingerprint density at radius 1 is 1.53 bits per heavy atom. The Hall–Kier alpha value is -0.940. The van der Waals surface area contributed by atoms with Crippen molar-refractivity contribution in [2.24, 2.45) is 0 Å². The van der Waals surface area contributed by atoms with Gasteiger partial charge in [0.15, 0.2) is 0 Å². The Bertz CT molecular complexity index is 333. The van der Waals surface area contributed by atoms with Crippen LogP contribution in [-0.2, 0) is 17.7 Å². The predicted octanol–water partition coefficient (Wildman–Crippen LogP) is 1.24. The number of likely N-dealkylation sites (N-methyl/N-ethyl adjacent to an activating group) is 1. The second-order valence-electron chi connectivity index (χ2n) is 4.41. The van der Waals surface area contributed by atoms with Crippen LogP contribution in [0.4, 0.5) is 0 Å². The Labute approximate surface area is 104 Å². The molecule has 0 saturated carbocycles.